The van der Waals surface area contributed by atoms with Gasteiger partial charge in [-0.1, -0.05) is 6.92 Å². The number of aliphatic hydroxyl groups is 1. The molecule has 0 spiro atoms. The van der Waals surface area contributed by atoms with Crippen molar-refractivity contribution in [2.24, 2.45) is 11.7 Å². The lowest BCUT2D eigenvalue weighted by molar-refractivity contribution is -0.121. The van der Waals surface area contributed by atoms with Gasteiger partial charge in [0.05, 0.1) is 0 Å². The smallest absolute Gasteiger partial charge is 0.220 e. The average molecular weight is 117 g/mol. The van der Waals surface area contributed by atoms with Gasteiger partial charge in [-0.25, -0.2) is 0 Å². The summed E-state index contributed by atoms with van der Waals surface area (Å²) in [4.78, 5) is 10.2. The fourth-order valence-corrected chi connectivity index (χ4v) is 0.336. The van der Waals surface area contributed by atoms with Crippen molar-refractivity contribution in [2.45, 2.75) is 13.3 Å². The number of hydrogen-bond acceptors (Lipinski definition) is 2. The summed E-state index contributed by atoms with van der Waals surface area (Å²) in [5.74, 6) is -0.543. The molecule has 0 saturated carbocycles. The highest BCUT2D eigenvalue weighted by molar-refractivity contribution is 5.76. The molecule has 0 aliphatic rings. The summed E-state index contributed by atoms with van der Waals surface area (Å²) in [7, 11) is 0. The molecule has 3 heteroatoms. The minimum absolute atomic E-state index is 0.0319. The van der Waals surface area contributed by atoms with Crippen molar-refractivity contribution in [3.63, 3.8) is 0 Å². The zero-order chi connectivity index (χ0) is 6.57. The summed E-state index contributed by atoms with van der Waals surface area (Å²) < 4.78 is 0. The molecule has 3 nitrogen and oxygen atoms in total. The summed E-state index contributed by atoms with van der Waals surface area (Å²) in [6.07, 6.45) is 0.468. The van der Waals surface area contributed by atoms with Gasteiger partial charge >= 0.3 is 0 Å². The van der Waals surface area contributed by atoms with E-state index >= 15 is 0 Å². The second-order valence-corrected chi connectivity index (χ2v) is 1.82. The molecule has 1 amide bonds. The average Bonchev–Trinajstić information content (AvgIpc) is 1.67. The quantitative estimate of drug-likeness (QED) is 0.523. The van der Waals surface area contributed by atoms with Gasteiger partial charge in [-0.2, -0.15) is 0 Å². The third kappa shape index (κ3) is 2.58. The largest absolute Gasteiger partial charge is 0.396 e. The minimum atomic E-state index is -0.348. The van der Waals surface area contributed by atoms with E-state index in [1.807, 2.05) is 0 Å². The molecule has 0 aliphatic heterocycles. The number of aliphatic hydroxyl groups excluding tert-OH is 1. The number of carbonyl (C=O) groups is 1. The molecule has 0 aromatic carbocycles. The van der Waals surface area contributed by atoms with Crippen LogP contribution in [-0.4, -0.2) is 17.6 Å². The zero-order valence-electron chi connectivity index (χ0n) is 4.92. The number of amides is 1. The van der Waals surface area contributed by atoms with E-state index in [0.717, 1.165) is 0 Å². The highest BCUT2D eigenvalue weighted by atomic mass is 16.3. The van der Waals surface area contributed by atoms with Crippen molar-refractivity contribution in [1.29, 1.82) is 0 Å². The lowest BCUT2D eigenvalue weighted by Gasteiger charge is -2.00. The van der Waals surface area contributed by atoms with Crippen LogP contribution in [0.5, 0.6) is 0 Å². The second-order valence-electron chi connectivity index (χ2n) is 1.82. The maximum absolute atomic E-state index is 10.2. The summed E-state index contributed by atoms with van der Waals surface area (Å²) in [5, 5.41) is 8.28. The van der Waals surface area contributed by atoms with E-state index in [0.29, 0.717) is 6.42 Å². The Kier molecular flexibility index (Phi) is 3.19. The standard InChI is InChI=1S/C5H11NO2/c1-4(2-3-7)5(6)8/h4,7H,2-3H2,1H3,(H2,6,8)/t4-/m1/s1. The molecule has 48 valence electrons. The Balaban J connectivity index is 3.32. The van der Waals surface area contributed by atoms with Crippen LogP contribution in [0.1, 0.15) is 13.3 Å². The third-order valence-electron chi connectivity index (χ3n) is 1.05. The van der Waals surface area contributed by atoms with E-state index in [2.05, 4.69) is 0 Å². The molecular weight excluding hydrogens is 106 g/mol. The first-order valence-corrected chi connectivity index (χ1v) is 2.58. The molecule has 0 rings (SSSR count). The Morgan fingerprint density at radius 2 is 2.38 bits per heavy atom. The number of hydrogen-bond donors (Lipinski definition) is 2. The van der Waals surface area contributed by atoms with E-state index in [1.54, 1.807) is 6.92 Å². The van der Waals surface area contributed by atoms with Gasteiger partial charge < -0.3 is 10.8 Å². The maximum atomic E-state index is 10.2. The van der Waals surface area contributed by atoms with Crippen LogP contribution in [-0.2, 0) is 4.79 Å². The molecule has 8 heavy (non-hydrogen) atoms. The number of rotatable bonds is 3. The molecule has 0 aromatic rings. The van der Waals surface area contributed by atoms with Gasteiger partial charge in [-0.3, -0.25) is 4.79 Å². The molecule has 0 aliphatic carbocycles. The van der Waals surface area contributed by atoms with Crippen molar-refractivity contribution in [3.8, 4) is 0 Å². The van der Waals surface area contributed by atoms with Gasteiger partial charge in [0, 0.05) is 12.5 Å². The Labute approximate surface area is 48.5 Å². The van der Waals surface area contributed by atoms with E-state index in [1.165, 1.54) is 0 Å². The van der Waals surface area contributed by atoms with Crippen LogP contribution < -0.4 is 5.73 Å². The van der Waals surface area contributed by atoms with Crippen LogP contribution >= 0.6 is 0 Å². The van der Waals surface area contributed by atoms with Crippen molar-refractivity contribution in [2.75, 3.05) is 6.61 Å². The van der Waals surface area contributed by atoms with Gasteiger partial charge in [0.25, 0.3) is 0 Å². The molecule has 0 radical (unpaired) electrons. The zero-order valence-corrected chi connectivity index (χ0v) is 4.92. The van der Waals surface area contributed by atoms with Crippen molar-refractivity contribution < 1.29 is 9.90 Å². The monoisotopic (exact) mass is 117 g/mol. The predicted molar refractivity (Wildman–Crippen MR) is 30.1 cm³/mol. The molecule has 0 heterocycles. The fraction of sp³-hybridized carbons (Fsp3) is 0.800. The van der Waals surface area contributed by atoms with Crippen LogP contribution in [0.15, 0.2) is 0 Å². The van der Waals surface area contributed by atoms with Crippen LogP contribution in [0.3, 0.4) is 0 Å². The van der Waals surface area contributed by atoms with E-state index in [4.69, 9.17) is 10.8 Å². The van der Waals surface area contributed by atoms with Gasteiger partial charge in [0.15, 0.2) is 0 Å². The first kappa shape index (κ1) is 7.43. The Hall–Kier alpha value is -0.570. The SMILES string of the molecule is C[C@H](CCO)C(N)=O. The first-order valence-electron chi connectivity index (χ1n) is 2.58. The van der Waals surface area contributed by atoms with Crippen LogP contribution in [0.25, 0.3) is 0 Å². The molecule has 0 bridgehead atoms. The Bertz CT molecular complexity index is 82.5. The summed E-state index contributed by atoms with van der Waals surface area (Å²) in [6.45, 7) is 1.72. The third-order valence-corrected chi connectivity index (χ3v) is 1.05. The summed E-state index contributed by atoms with van der Waals surface area (Å²) in [5.41, 5.74) is 4.87. The lowest BCUT2D eigenvalue weighted by atomic mass is 10.1. The Morgan fingerprint density at radius 1 is 1.88 bits per heavy atom. The molecule has 1 atom stereocenters. The lowest BCUT2D eigenvalue weighted by Crippen LogP contribution is -2.21. The fourth-order valence-electron chi connectivity index (χ4n) is 0.336. The molecule has 0 saturated heterocycles. The van der Waals surface area contributed by atoms with Crippen molar-refractivity contribution >= 4 is 5.91 Å². The maximum Gasteiger partial charge on any atom is 0.220 e. The first-order chi connectivity index (χ1) is 3.68. The van der Waals surface area contributed by atoms with Gasteiger partial charge in [-0.15, -0.1) is 0 Å². The normalized spacial score (nSPS) is 13.2. The molecule has 3 N–H and O–H groups in total. The van der Waals surface area contributed by atoms with Gasteiger partial charge in [-0.05, 0) is 6.42 Å². The van der Waals surface area contributed by atoms with Gasteiger partial charge in [0.2, 0.25) is 5.91 Å². The Morgan fingerprint density at radius 3 is 2.50 bits per heavy atom. The summed E-state index contributed by atoms with van der Waals surface area (Å²) >= 11 is 0. The molecule has 0 fully saturated rings. The highest BCUT2D eigenvalue weighted by Gasteiger charge is 2.05. The number of primary amides is 1. The van der Waals surface area contributed by atoms with Crippen LogP contribution in [0.2, 0.25) is 0 Å². The van der Waals surface area contributed by atoms with Crippen LogP contribution in [0.4, 0.5) is 0 Å². The van der Waals surface area contributed by atoms with Crippen molar-refractivity contribution in [1.82, 2.24) is 0 Å². The van der Waals surface area contributed by atoms with Gasteiger partial charge in [0.1, 0.15) is 0 Å². The highest BCUT2D eigenvalue weighted by Crippen LogP contribution is 1.96. The predicted octanol–water partition coefficient (Wildman–Crippen LogP) is -0.510. The molecule has 0 unspecified atom stereocenters. The number of carbonyl (C=O) groups excluding carboxylic acids is 1. The van der Waals surface area contributed by atoms with Crippen molar-refractivity contribution in [3.05, 3.63) is 0 Å². The van der Waals surface area contributed by atoms with Crippen LogP contribution in [0, 0.1) is 5.92 Å². The molecule has 0 aromatic heterocycles. The molecular formula is C5H11NO2. The minimum Gasteiger partial charge on any atom is -0.396 e. The number of nitrogens with two attached hydrogens (primary N) is 1. The van der Waals surface area contributed by atoms with E-state index in [-0.39, 0.29) is 18.4 Å². The van der Waals surface area contributed by atoms with E-state index in [9.17, 15) is 4.79 Å². The van der Waals surface area contributed by atoms with E-state index < -0.39 is 0 Å². The second kappa shape index (κ2) is 3.43. The topological polar surface area (TPSA) is 63.3 Å². The summed E-state index contributed by atoms with van der Waals surface area (Å²) in [6, 6.07) is 0.